The molecule has 0 radical (unpaired) electrons. The SMILES string of the molecule is CCCCCCCCCCCC(=O)NC(C)COCCOCC(C)NC(=O)CCCCCCCCCCC. The second kappa shape index (κ2) is 28.9. The lowest BCUT2D eigenvalue weighted by Gasteiger charge is -2.16. The van der Waals surface area contributed by atoms with E-state index in [0.29, 0.717) is 39.3 Å². The van der Waals surface area contributed by atoms with Crippen LogP contribution in [0.1, 0.15) is 156 Å². The van der Waals surface area contributed by atoms with Crippen molar-refractivity contribution in [3.05, 3.63) is 0 Å². The van der Waals surface area contributed by atoms with Crippen LogP contribution in [-0.4, -0.2) is 50.3 Å². The van der Waals surface area contributed by atoms with Crippen LogP contribution in [-0.2, 0) is 19.1 Å². The molecule has 0 bridgehead atoms. The van der Waals surface area contributed by atoms with Crippen LogP contribution in [0.4, 0.5) is 0 Å². The van der Waals surface area contributed by atoms with Gasteiger partial charge in [0.1, 0.15) is 0 Å². The minimum Gasteiger partial charge on any atom is -0.377 e. The third kappa shape index (κ3) is 27.9. The predicted octanol–water partition coefficient (Wildman–Crippen LogP) is 7.87. The summed E-state index contributed by atoms with van der Waals surface area (Å²) in [6, 6.07) is 0.000621. The van der Waals surface area contributed by atoms with Crippen molar-refractivity contribution in [1.82, 2.24) is 10.6 Å². The van der Waals surface area contributed by atoms with Crippen LogP contribution in [0.3, 0.4) is 0 Å². The fraction of sp³-hybridized carbons (Fsp3) is 0.938. The summed E-state index contributed by atoms with van der Waals surface area (Å²) in [4.78, 5) is 24.2. The number of hydrogen-bond acceptors (Lipinski definition) is 4. The van der Waals surface area contributed by atoms with Gasteiger partial charge in [-0.2, -0.15) is 0 Å². The molecule has 0 heterocycles. The zero-order chi connectivity index (χ0) is 28.1. The van der Waals surface area contributed by atoms with Crippen LogP contribution < -0.4 is 10.6 Å². The fourth-order valence-corrected chi connectivity index (χ4v) is 4.61. The maximum absolute atomic E-state index is 12.1. The first kappa shape index (κ1) is 36.9. The van der Waals surface area contributed by atoms with E-state index in [0.717, 1.165) is 25.7 Å². The van der Waals surface area contributed by atoms with Crippen LogP contribution in [0, 0.1) is 0 Å². The standard InChI is InChI=1S/C32H64N2O4/c1-5-7-9-11-13-15-17-19-21-23-31(35)33-29(3)27-37-25-26-38-28-30(4)34-32(36)24-22-20-18-16-14-12-10-8-6-2/h29-30H,5-28H2,1-4H3,(H,33,35)(H,34,36). The molecule has 2 amide bonds. The Morgan fingerprint density at radius 3 is 1.11 bits per heavy atom. The summed E-state index contributed by atoms with van der Waals surface area (Å²) >= 11 is 0. The Balaban J connectivity index is 3.50. The number of carbonyl (C=O) groups excluding carboxylic acids is 2. The molecule has 0 aliphatic carbocycles. The van der Waals surface area contributed by atoms with Crippen molar-refractivity contribution in [3.8, 4) is 0 Å². The van der Waals surface area contributed by atoms with Gasteiger partial charge in [0.2, 0.25) is 11.8 Å². The largest absolute Gasteiger partial charge is 0.377 e. The average Bonchev–Trinajstić information content (AvgIpc) is 2.88. The van der Waals surface area contributed by atoms with Crippen LogP contribution in [0.2, 0.25) is 0 Å². The summed E-state index contributed by atoms with van der Waals surface area (Å²) in [6.45, 7) is 10.4. The maximum atomic E-state index is 12.1. The van der Waals surface area contributed by atoms with Crippen molar-refractivity contribution in [2.24, 2.45) is 0 Å². The number of nitrogens with one attached hydrogen (secondary N) is 2. The predicted molar refractivity (Wildman–Crippen MR) is 161 cm³/mol. The van der Waals surface area contributed by atoms with Gasteiger partial charge in [0.15, 0.2) is 0 Å². The van der Waals surface area contributed by atoms with Crippen LogP contribution in [0.15, 0.2) is 0 Å². The molecule has 2 unspecified atom stereocenters. The van der Waals surface area contributed by atoms with Crippen molar-refractivity contribution in [2.45, 2.75) is 168 Å². The highest BCUT2D eigenvalue weighted by atomic mass is 16.5. The van der Waals surface area contributed by atoms with E-state index >= 15 is 0 Å². The molecule has 2 atom stereocenters. The molecule has 0 fully saturated rings. The van der Waals surface area contributed by atoms with Gasteiger partial charge in [0.05, 0.1) is 26.4 Å². The summed E-state index contributed by atoms with van der Waals surface area (Å²) < 4.78 is 11.3. The number of ether oxygens (including phenoxy) is 2. The zero-order valence-corrected chi connectivity index (χ0v) is 25.8. The van der Waals surface area contributed by atoms with Gasteiger partial charge in [0.25, 0.3) is 0 Å². The van der Waals surface area contributed by atoms with Crippen LogP contribution in [0.5, 0.6) is 0 Å². The summed E-state index contributed by atoms with van der Waals surface area (Å²) in [5.74, 6) is 0.236. The Morgan fingerprint density at radius 1 is 0.500 bits per heavy atom. The van der Waals surface area contributed by atoms with Gasteiger partial charge in [-0.3, -0.25) is 9.59 Å². The fourth-order valence-electron chi connectivity index (χ4n) is 4.61. The van der Waals surface area contributed by atoms with E-state index in [2.05, 4.69) is 24.5 Å². The average molecular weight is 541 g/mol. The van der Waals surface area contributed by atoms with Crippen molar-refractivity contribution >= 4 is 11.8 Å². The Bertz CT molecular complexity index is 484. The van der Waals surface area contributed by atoms with Gasteiger partial charge in [0, 0.05) is 24.9 Å². The van der Waals surface area contributed by atoms with Crippen LogP contribution in [0.25, 0.3) is 0 Å². The van der Waals surface area contributed by atoms with Crippen LogP contribution >= 0.6 is 0 Å². The van der Waals surface area contributed by atoms with E-state index in [1.807, 2.05) is 13.8 Å². The van der Waals surface area contributed by atoms with Gasteiger partial charge < -0.3 is 20.1 Å². The van der Waals surface area contributed by atoms with Gasteiger partial charge in [-0.15, -0.1) is 0 Å². The second-order valence-corrected chi connectivity index (χ2v) is 11.2. The topological polar surface area (TPSA) is 76.7 Å². The minimum absolute atomic E-state index is 0.000311. The third-order valence-corrected chi connectivity index (χ3v) is 6.94. The Kier molecular flexibility index (Phi) is 28.0. The Hall–Kier alpha value is -1.14. The Morgan fingerprint density at radius 2 is 0.789 bits per heavy atom. The first-order valence-electron chi connectivity index (χ1n) is 16.2. The van der Waals surface area contributed by atoms with E-state index in [4.69, 9.17) is 9.47 Å². The van der Waals surface area contributed by atoms with E-state index in [1.165, 1.54) is 89.9 Å². The molecule has 38 heavy (non-hydrogen) atoms. The van der Waals surface area contributed by atoms with E-state index < -0.39 is 0 Å². The molecule has 0 aromatic heterocycles. The molecule has 226 valence electrons. The van der Waals surface area contributed by atoms with Crippen molar-refractivity contribution < 1.29 is 19.1 Å². The molecule has 0 aliphatic heterocycles. The number of hydrogen-bond donors (Lipinski definition) is 2. The third-order valence-electron chi connectivity index (χ3n) is 6.94. The van der Waals surface area contributed by atoms with E-state index in [9.17, 15) is 9.59 Å². The maximum Gasteiger partial charge on any atom is 0.220 e. The molecule has 0 aliphatic rings. The lowest BCUT2D eigenvalue weighted by atomic mass is 10.1. The monoisotopic (exact) mass is 540 g/mol. The van der Waals surface area contributed by atoms with Gasteiger partial charge in [-0.05, 0) is 26.7 Å². The van der Waals surface area contributed by atoms with Gasteiger partial charge in [-0.1, -0.05) is 117 Å². The molecule has 0 aromatic rings. The lowest BCUT2D eigenvalue weighted by molar-refractivity contribution is -0.123. The summed E-state index contributed by atoms with van der Waals surface area (Å²) in [7, 11) is 0. The summed E-state index contributed by atoms with van der Waals surface area (Å²) in [5, 5.41) is 6.04. The van der Waals surface area contributed by atoms with Gasteiger partial charge in [-0.25, -0.2) is 0 Å². The number of amides is 2. The second-order valence-electron chi connectivity index (χ2n) is 11.2. The minimum atomic E-state index is 0.000311. The first-order chi connectivity index (χ1) is 18.5. The molecule has 2 N–H and O–H groups in total. The highest BCUT2D eigenvalue weighted by Gasteiger charge is 2.09. The summed E-state index contributed by atoms with van der Waals surface area (Å²) in [6.07, 6.45) is 23.9. The molecule has 6 nitrogen and oxygen atoms in total. The molecule has 0 saturated carbocycles. The molecule has 0 rings (SSSR count). The summed E-state index contributed by atoms with van der Waals surface area (Å²) in [5.41, 5.74) is 0. The highest BCUT2D eigenvalue weighted by Crippen LogP contribution is 2.11. The first-order valence-corrected chi connectivity index (χ1v) is 16.2. The van der Waals surface area contributed by atoms with Crippen molar-refractivity contribution in [3.63, 3.8) is 0 Å². The zero-order valence-electron chi connectivity index (χ0n) is 25.8. The quantitative estimate of drug-likeness (QED) is 0.0946. The van der Waals surface area contributed by atoms with Crippen molar-refractivity contribution in [1.29, 1.82) is 0 Å². The molecule has 0 aromatic carbocycles. The molecule has 0 spiro atoms. The lowest BCUT2D eigenvalue weighted by Crippen LogP contribution is -2.37. The Labute approximate surface area is 236 Å². The molecular weight excluding hydrogens is 476 g/mol. The molecule has 6 heteroatoms. The normalized spacial score (nSPS) is 12.8. The number of rotatable bonds is 29. The number of unbranched alkanes of at least 4 members (excludes halogenated alkanes) is 16. The highest BCUT2D eigenvalue weighted by molar-refractivity contribution is 5.76. The van der Waals surface area contributed by atoms with Gasteiger partial charge >= 0.3 is 0 Å². The molecule has 0 saturated heterocycles. The number of carbonyl (C=O) groups is 2. The van der Waals surface area contributed by atoms with E-state index in [1.54, 1.807) is 0 Å². The molecular formula is C32H64N2O4. The smallest absolute Gasteiger partial charge is 0.220 e. The van der Waals surface area contributed by atoms with Crippen molar-refractivity contribution in [2.75, 3.05) is 26.4 Å². The van der Waals surface area contributed by atoms with E-state index in [-0.39, 0.29) is 23.9 Å².